The van der Waals surface area contributed by atoms with Gasteiger partial charge in [-0.25, -0.2) is 4.90 Å². The predicted molar refractivity (Wildman–Crippen MR) is 187 cm³/mol. The molecule has 3 aromatic carbocycles. The molecule has 4 fully saturated rings. The molecule has 252 valence electrons. The van der Waals surface area contributed by atoms with E-state index in [0.29, 0.717) is 32.7 Å². The van der Waals surface area contributed by atoms with Crippen molar-refractivity contribution < 1.29 is 29.0 Å². The third-order valence-corrected chi connectivity index (χ3v) is 12.6. The molecule has 4 amide bonds. The molecule has 10 heteroatoms. The van der Waals surface area contributed by atoms with Crippen LogP contribution in [0.15, 0.2) is 82.9 Å². The second-order valence-corrected chi connectivity index (χ2v) is 15.3. The smallest absolute Gasteiger partial charge is 0.246 e. The molecule has 0 spiro atoms. The number of rotatable bonds is 5. The summed E-state index contributed by atoms with van der Waals surface area (Å²) in [5.74, 6) is -4.08. The van der Waals surface area contributed by atoms with Gasteiger partial charge in [0.25, 0.3) is 0 Å². The van der Waals surface area contributed by atoms with Crippen LogP contribution in [-0.4, -0.2) is 46.8 Å². The van der Waals surface area contributed by atoms with E-state index in [2.05, 4.69) is 22.0 Å². The minimum absolute atomic E-state index is 0.0873. The van der Waals surface area contributed by atoms with Crippen molar-refractivity contribution in [1.82, 2.24) is 4.90 Å². The van der Waals surface area contributed by atoms with Crippen molar-refractivity contribution in [2.45, 2.75) is 62.3 Å². The number of amides is 4. The summed E-state index contributed by atoms with van der Waals surface area (Å²) < 4.78 is 5.97. The first kappa shape index (κ1) is 32.3. The Hall–Kier alpha value is -3.95. The van der Waals surface area contributed by atoms with E-state index in [1.165, 1.54) is 12.0 Å². The molecule has 2 aliphatic heterocycles. The summed E-state index contributed by atoms with van der Waals surface area (Å²) in [6, 6.07) is 19.5. The Kier molecular flexibility index (Phi) is 7.99. The zero-order chi connectivity index (χ0) is 34.2. The van der Waals surface area contributed by atoms with Gasteiger partial charge in [0.05, 0.1) is 40.4 Å². The molecule has 8 nitrogen and oxygen atoms in total. The van der Waals surface area contributed by atoms with Gasteiger partial charge in [-0.3, -0.25) is 24.1 Å². The molecule has 5 aliphatic rings. The number of fused-ring (bicyclic) bond motifs is 4. The van der Waals surface area contributed by atoms with Crippen molar-refractivity contribution in [2.24, 2.45) is 23.7 Å². The highest BCUT2D eigenvalue weighted by Crippen LogP contribution is 2.65. The lowest BCUT2D eigenvalue weighted by Crippen LogP contribution is -2.53. The standard InChI is InChI=1S/C39H36BrClN2O6/c1-49-31-18-21(17-30(40)34(31)44)33-26-15-16-27-32(37(47)42(35(27)45)24-12-6-3-7-13-24)28(26)20-29-36(46)43(25-14-8-11-23(41)19-25)38(48)39(29,33)22-9-4-2-5-10-22/h2,4-5,8-11,14-15,17-19,24,27-29,32-33,44H,3,6-7,12-13,16,20H2,1H3/t27-,28+,29-,32-,33-,39+/m0/s1. The van der Waals surface area contributed by atoms with E-state index in [0.717, 1.165) is 37.7 Å². The lowest BCUT2D eigenvalue weighted by Gasteiger charge is -2.50. The maximum atomic E-state index is 15.4. The third kappa shape index (κ3) is 4.68. The Morgan fingerprint density at radius 1 is 0.898 bits per heavy atom. The van der Waals surface area contributed by atoms with Gasteiger partial charge in [0.2, 0.25) is 23.6 Å². The number of allylic oxidation sites excluding steroid dienone is 2. The molecule has 0 unspecified atom stereocenters. The van der Waals surface area contributed by atoms with Gasteiger partial charge >= 0.3 is 0 Å². The quantitative estimate of drug-likeness (QED) is 0.217. The Labute approximate surface area is 298 Å². The van der Waals surface area contributed by atoms with E-state index in [4.69, 9.17) is 16.3 Å². The molecule has 3 aliphatic carbocycles. The molecule has 49 heavy (non-hydrogen) atoms. The molecule has 0 bridgehead atoms. The summed E-state index contributed by atoms with van der Waals surface area (Å²) >= 11 is 9.91. The average molecular weight is 744 g/mol. The molecule has 0 aromatic heterocycles. The van der Waals surface area contributed by atoms with Crippen LogP contribution < -0.4 is 9.64 Å². The molecule has 2 heterocycles. The second-order valence-electron chi connectivity index (χ2n) is 14.0. The highest BCUT2D eigenvalue weighted by Gasteiger charge is 2.70. The van der Waals surface area contributed by atoms with Crippen LogP contribution in [0.2, 0.25) is 5.02 Å². The summed E-state index contributed by atoms with van der Waals surface area (Å²) in [5, 5.41) is 11.2. The molecule has 8 rings (SSSR count). The number of phenolic OH excluding ortho intramolecular Hbond substituents is 1. The van der Waals surface area contributed by atoms with Crippen molar-refractivity contribution >= 4 is 56.8 Å². The van der Waals surface area contributed by atoms with Crippen LogP contribution >= 0.6 is 27.5 Å². The fraction of sp³-hybridized carbons (Fsp3) is 0.385. The van der Waals surface area contributed by atoms with Gasteiger partial charge in [-0.1, -0.05) is 78.9 Å². The normalized spacial score (nSPS) is 29.9. The number of benzene rings is 3. The first-order valence-electron chi connectivity index (χ1n) is 17.0. The van der Waals surface area contributed by atoms with Crippen molar-refractivity contribution in [2.75, 3.05) is 12.0 Å². The van der Waals surface area contributed by atoms with Crippen LogP contribution in [0.1, 0.15) is 62.0 Å². The zero-order valence-corrected chi connectivity index (χ0v) is 29.3. The van der Waals surface area contributed by atoms with E-state index < -0.39 is 35.0 Å². The molecule has 1 N–H and O–H groups in total. The minimum atomic E-state index is -1.41. The zero-order valence-electron chi connectivity index (χ0n) is 27.0. The molecule has 0 radical (unpaired) electrons. The summed E-state index contributed by atoms with van der Waals surface area (Å²) in [6.45, 7) is 0. The summed E-state index contributed by atoms with van der Waals surface area (Å²) in [6.07, 6.45) is 7.35. The van der Waals surface area contributed by atoms with E-state index in [9.17, 15) is 19.5 Å². The fourth-order valence-corrected chi connectivity index (χ4v) is 10.4. The molecule has 2 saturated heterocycles. The number of ether oxygens (including phenoxy) is 1. The fourth-order valence-electron chi connectivity index (χ4n) is 9.76. The largest absolute Gasteiger partial charge is 0.503 e. The summed E-state index contributed by atoms with van der Waals surface area (Å²) in [7, 11) is 1.46. The number of imide groups is 2. The van der Waals surface area contributed by atoms with Gasteiger partial charge in [0.15, 0.2) is 11.5 Å². The lowest BCUT2D eigenvalue weighted by molar-refractivity contribution is -0.143. The Morgan fingerprint density at radius 3 is 2.37 bits per heavy atom. The summed E-state index contributed by atoms with van der Waals surface area (Å²) in [4.78, 5) is 61.6. The summed E-state index contributed by atoms with van der Waals surface area (Å²) in [5.41, 5.74) is 1.16. The lowest BCUT2D eigenvalue weighted by atomic mass is 9.49. The number of aromatic hydroxyl groups is 1. The topological polar surface area (TPSA) is 104 Å². The van der Waals surface area contributed by atoms with Crippen molar-refractivity contribution in [3.8, 4) is 11.5 Å². The van der Waals surface area contributed by atoms with Crippen molar-refractivity contribution in [3.63, 3.8) is 0 Å². The monoisotopic (exact) mass is 742 g/mol. The minimum Gasteiger partial charge on any atom is -0.503 e. The maximum absolute atomic E-state index is 15.4. The average Bonchev–Trinajstić information content (AvgIpc) is 3.50. The number of likely N-dealkylation sites (tertiary alicyclic amines) is 1. The van der Waals surface area contributed by atoms with Gasteiger partial charge in [-0.2, -0.15) is 0 Å². The van der Waals surface area contributed by atoms with Crippen LogP contribution in [-0.2, 0) is 24.6 Å². The first-order chi connectivity index (χ1) is 23.7. The van der Waals surface area contributed by atoms with Gasteiger partial charge in [0, 0.05) is 17.0 Å². The van der Waals surface area contributed by atoms with Crippen LogP contribution in [0.5, 0.6) is 11.5 Å². The van der Waals surface area contributed by atoms with Gasteiger partial charge < -0.3 is 9.84 Å². The van der Waals surface area contributed by atoms with Crippen molar-refractivity contribution in [1.29, 1.82) is 0 Å². The number of hydrogen-bond donors (Lipinski definition) is 1. The molecule has 2 saturated carbocycles. The predicted octanol–water partition coefficient (Wildman–Crippen LogP) is 7.31. The highest BCUT2D eigenvalue weighted by molar-refractivity contribution is 9.10. The molecular weight excluding hydrogens is 708 g/mol. The van der Waals surface area contributed by atoms with E-state index in [1.807, 2.05) is 30.3 Å². The van der Waals surface area contributed by atoms with Crippen LogP contribution in [0.25, 0.3) is 0 Å². The van der Waals surface area contributed by atoms with E-state index >= 15 is 4.79 Å². The van der Waals surface area contributed by atoms with Gasteiger partial charge in [-0.15, -0.1) is 0 Å². The number of phenols is 1. The van der Waals surface area contributed by atoms with E-state index in [-0.39, 0.29) is 47.6 Å². The Bertz CT molecular complexity index is 1930. The van der Waals surface area contributed by atoms with Crippen LogP contribution in [0.4, 0.5) is 5.69 Å². The molecule has 6 atom stereocenters. The van der Waals surface area contributed by atoms with Crippen LogP contribution in [0.3, 0.4) is 0 Å². The molecule has 3 aromatic rings. The number of carbonyl (C=O) groups is 4. The maximum Gasteiger partial charge on any atom is 0.246 e. The number of anilines is 1. The number of hydrogen-bond acceptors (Lipinski definition) is 6. The Morgan fingerprint density at radius 2 is 1.65 bits per heavy atom. The van der Waals surface area contributed by atoms with Gasteiger partial charge in [0.1, 0.15) is 0 Å². The number of nitrogens with zero attached hydrogens (tertiary/aromatic N) is 2. The van der Waals surface area contributed by atoms with Crippen LogP contribution in [0, 0.1) is 23.7 Å². The SMILES string of the molecule is COc1cc([C@H]2C3=CC[C@@H]4C(=O)N(C5CCCCC5)C(=O)[C@@H]4[C@@H]3C[C@H]3C(=O)N(c4cccc(Cl)c4)C(=O)[C@@]23c2ccccc2)cc(Br)c1O. The number of carbonyl (C=O) groups excluding carboxylic acids is 4. The highest BCUT2D eigenvalue weighted by atomic mass is 79.9. The molecular formula is C39H36BrClN2O6. The van der Waals surface area contributed by atoms with E-state index in [1.54, 1.807) is 41.3 Å². The Balaban J connectivity index is 1.36. The first-order valence-corrected chi connectivity index (χ1v) is 18.2. The third-order valence-electron chi connectivity index (χ3n) is 11.7. The number of methoxy groups -OCH3 is 1. The van der Waals surface area contributed by atoms with Crippen molar-refractivity contribution in [3.05, 3.63) is 99.0 Å². The second kappa shape index (κ2) is 12.1. The number of halogens is 2. The van der Waals surface area contributed by atoms with Gasteiger partial charge in [-0.05, 0) is 89.0 Å².